The van der Waals surface area contributed by atoms with E-state index in [1.54, 1.807) is 24.3 Å². The van der Waals surface area contributed by atoms with E-state index in [0.29, 0.717) is 12.5 Å². The maximum Gasteiger partial charge on any atom is 0.224 e. The standard InChI is InChI=1S/C15H19NO2/c17-13-7-1-10(2-8-13)9-14(18)16-15(11-3-4-11)12-5-6-12/h1-2,7-8,11-12,15,17H,3-6,9H2,(H,16,18). The third-order valence-corrected chi connectivity index (χ3v) is 3.89. The zero-order valence-corrected chi connectivity index (χ0v) is 10.4. The smallest absolute Gasteiger partial charge is 0.224 e. The second-order valence-electron chi connectivity index (χ2n) is 5.61. The lowest BCUT2D eigenvalue weighted by Gasteiger charge is -2.17. The van der Waals surface area contributed by atoms with Gasteiger partial charge in [0.1, 0.15) is 5.75 Å². The number of rotatable bonds is 5. The Morgan fingerprint density at radius 1 is 1.17 bits per heavy atom. The summed E-state index contributed by atoms with van der Waals surface area (Å²) in [6.45, 7) is 0. The molecule has 0 heterocycles. The molecule has 2 fully saturated rings. The van der Waals surface area contributed by atoms with Crippen LogP contribution in [-0.2, 0) is 11.2 Å². The van der Waals surface area contributed by atoms with Crippen LogP contribution in [0.5, 0.6) is 5.75 Å². The first-order valence-electron chi connectivity index (χ1n) is 6.79. The molecule has 2 aliphatic rings. The van der Waals surface area contributed by atoms with Crippen LogP contribution in [0.4, 0.5) is 0 Å². The summed E-state index contributed by atoms with van der Waals surface area (Å²) in [5.74, 6) is 1.83. The van der Waals surface area contributed by atoms with Crippen LogP contribution < -0.4 is 5.32 Å². The molecule has 1 amide bonds. The number of phenols is 1. The first-order chi connectivity index (χ1) is 8.72. The van der Waals surface area contributed by atoms with E-state index in [1.807, 2.05) is 0 Å². The fourth-order valence-corrected chi connectivity index (χ4v) is 2.57. The Labute approximate surface area is 107 Å². The van der Waals surface area contributed by atoms with E-state index in [0.717, 1.165) is 17.4 Å². The average molecular weight is 245 g/mol. The van der Waals surface area contributed by atoms with Crippen LogP contribution in [0, 0.1) is 11.8 Å². The SMILES string of the molecule is O=C(Cc1ccc(O)cc1)NC(C1CC1)C1CC1. The number of phenolic OH excluding ortho intramolecular Hbond substituents is 1. The fourth-order valence-electron chi connectivity index (χ4n) is 2.57. The summed E-state index contributed by atoms with van der Waals surface area (Å²) in [4.78, 5) is 12.0. The highest BCUT2D eigenvalue weighted by atomic mass is 16.3. The van der Waals surface area contributed by atoms with E-state index in [4.69, 9.17) is 0 Å². The van der Waals surface area contributed by atoms with Crippen molar-refractivity contribution in [1.82, 2.24) is 5.32 Å². The molecule has 2 saturated carbocycles. The largest absolute Gasteiger partial charge is 0.508 e. The van der Waals surface area contributed by atoms with Crippen LogP contribution >= 0.6 is 0 Å². The van der Waals surface area contributed by atoms with E-state index in [1.165, 1.54) is 25.7 Å². The molecule has 0 radical (unpaired) electrons. The van der Waals surface area contributed by atoms with Gasteiger partial charge in [-0.2, -0.15) is 0 Å². The molecule has 0 aliphatic heterocycles. The monoisotopic (exact) mass is 245 g/mol. The molecule has 2 N–H and O–H groups in total. The van der Waals surface area contributed by atoms with Gasteiger partial charge in [-0.3, -0.25) is 4.79 Å². The summed E-state index contributed by atoms with van der Waals surface area (Å²) in [6.07, 6.45) is 5.53. The Kier molecular flexibility index (Phi) is 2.98. The predicted molar refractivity (Wildman–Crippen MR) is 69.2 cm³/mol. The minimum Gasteiger partial charge on any atom is -0.508 e. The molecular weight excluding hydrogens is 226 g/mol. The summed E-state index contributed by atoms with van der Waals surface area (Å²) < 4.78 is 0. The van der Waals surface area contributed by atoms with Gasteiger partial charge in [0.15, 0.2) is 0 Å². The number of aromatic hydroxyl groups is 1. The summed E-state index contributed by atoms with van der Waals surface area (Å²) in [7, 11) is 0. The Morgan fingerprint density at radius 3 is 2.22 bits per heavy atom. The normalized spacial score (nSPS) is 18.9. The van der Waals surface area contributed by atoms with Crippen molar-refractivity contribution in [3.05, 3.63) is 29.8 Å². The van der Waals surface area contributed by atoms with Crippen LogP contribution in [0.2, 0.25) is 0 Å². The van der Waals surface area contributed by atoms with Crippen molar-refractivity contribution in [2.24, 2.45) is 11.8 Å². The zero-order chi connectivity index (χ0) is 12.5. The van der Waals surface area contributed by atoms with Crippen LogP contribution in [0.3, 0.4) is 0 Å². The average Bonchev–Trinajstić information content (AvgIpc) is 3.22. The number of nitrogens with one attached hydrogen (secondary N) is 1. The maximum atomic E-state index is 12.0. The highest BCUT2D eigenvalue weighted by Gasteiger charge is 2.42. The highest BCUT2D eigenvalue weighted by molar-refractivity contribution is 5.79. The van der Waals surface area contributed by atoms with Crippen molar-refractivity contribution < 1.29 is 9.90 Å². The van der Waals surface area contributed by atoms with Crippen LogP contribution in [0.15, 0.2) is 24.3 Å². The van der Waals surface area contributed by atoms with Crippen molar-refractivity contribution >= 4 is 5.91 Å². The van der Waals surface area contributed by atoms with Gasteiger partial charge in [0.05, 0.1) is 6.42 Å². The number of carbonyl (C=O) groups is 1. The van der Waals surface area contributed by atoms with Crippen LogP contribution in [-0.4, -0.2) is 17.1 Å². The number of amides is 1. The van der Waals surface area contributed by atoms with Gasteiger partial charge in [-0.15, -0.1) is 0 Å². The summed E-state index contributed by atoms with van der Waals surface area (Å²) in [5, 5.41) is 12.4. The van der Waals surface area contributed by atoms with Gasteiger partial charge >= 0.3 is 0 Å². The quantitative estimate of drug-likeness (QED) is 0.835. The molecule has 1 aromatic carbocycles. The fraction of sp³-hybridized carbons (Fsp3) is 0.533. The lowest BCUT2D eigenvalue weighted by Crippen LogP contribution is -2.38. The van der Waals surface area contributed by atoms with E-state index in [2.05, 4.69) is 5.32 Å². The van der Waals surface area contributed by atoms with Crippen molar-refractivity contribution in [3.63, 3.8) is 0 Å². The molecule has 18 heavy (non-hydrogen) atoms. The lowest BCUT2D eigenvalue weighted by atomic mass is 10.1. The predicted octanol–water partition coefficient (Wildman–Crippen LogP) is 2.24. The molecule has 0 aromatic heterocycles. The molecule has 0 bridgehead atoms. The third kappa shape index (κ3) is 2.84. The third-order valence-electron chi connectivity index (χ3n) is 3.89. The van der Waals surface area contributed by atoms with E-state index < -0.39 is 0 Å². The zero-order valence-electron chi connectivity index (χ0n) is 10.4. The molecule has 2 aliphatic carbocycles. The molecule has 3 rings (SSSR count). The van der Waals surface area contributed by atoms with Gasteiger partial charge in [0.25, 0.3) is 0 Å². The first-order valence-corrected chi connectivity index (χ1v) is 6.79. The number of benzene rings is 1. The minimum absolute atomic E-state index is 0.115. The van der Waals surface area contributed by atoms with Gasteiger partial charge < -0.3 is 10.4 Å². The van der Waals surface area contributed by atoms with Crippen molar-refractivity contribution in [2.45, 2.75) is 38.1 Å². The van der Waals surface area contributed by atoms with Crippen molar-refractivity contribution in [2.75, 3.05) is 0 Å². The Balaban J connectivity index is 1.55. The molecule has 96 valence electrons. The van der Waals surface area contributed by atoms with Crippen molar-refractivity contribution in [3.8, 4) is 5.75 Å². The molecule has 3 nitrogen and oxygen atoms in total. The number of hydrogen-bond acceptors (Lipinski definition) is 2. The van der Waals surface area contributed by atoms with E-state index >= 15 is 0 Å². The number of hydrogen-bond donors (Lipinski definition) is 2. The Hall–Kier alpha value is -1.51. The molecule has 0 spiro atoms. The van der Waals surface area contributed by atoms with Gasteiger partial charge in [0.2, 0.25) is 5.91 Å². The van der Waals surface area contributed by atoms with Gasteiger partial charge in [-0.25, -0.2) is 0 Å². The topological polar surface area (TPSA) is 49.3 Å². The maximum absolute atomic E-state index is 12.0. The number of carbonyl (C=O) groups excluding carboxylic acids is 1. The van der Waals surface area contributed by atoms with E-state index in [-0.39, 0.29) is 11.7 Å². The van der Waals surface area contributed by atoms with Crippen LogP contribution in [0.1, 0.15) is 31.2 Å². The second kappa shape index (κ2) is 4.63. The molecular formula is C15H19NO2. The molecule has 0 unspecified atom stereocenters. The summed E-state index contributed by atoms with van der Waals surface area (Å²) in [6, 6.07) is 7.29. The van der Waals surface area contributed by atoms with Gasteiger partial charge in [-0.1, -0.05) is 12.1 Å². The van der Waals surface area contributed by atoms with Crippen LogP contribution in [0.25, 0.3) is 0 Å². The molecule has 1 aromatic rings. The summed E-state index contributed by atoms with van der Waals surface area (Å²) >= 11 is 0. The first kappa shape index (κ1) is 11.6. The molecule has 0 atom stereocenters. The summed E-state index contributed by atoms with van der Waals surface area (Å²) in [5.41, 5.74) is 0.954. The van der Waals surface area contributed by atoms with Gasteiger partial charge in [0, 0.05) is 6.04 Å². The Bertz CT molecular complexity index is 420. The molecule has 0 saturated heterocycles. The Morgan fingerprint density at radius 2 is 1.72 bits per heavy atom. The van der Waals surface area contributed by atoms with Gasteiger partial charge in [-0.05, 0) is 55.2 Å². The minimum atomic E-state index is 0.115. The van der Waals surface area contributed by atoms with Crippen molar-refractivity contribution in [1.29, 1.82) is 0 Å². The van der Waals surface area contributed by atoms with E-state index in [9.17, 15) is 9.90 Å². The highest BCUT2D eigenvalue weighted by Crippen LogP contribution is 2.44. The molecule has 3 heteroatoms. The lowest BCUT2D eigenvalue weighted by molar-refractivity contribution is -0.121. The second-order valence-corrected chi connectivity index (χ2v) is 5.61.